The monoisotopic (exact) mass is 345 g/mol. The maximum atomic E-state index is 5.48. The van der Waals surface area contributed by atoms with Crippen LogP contribution in [0, 0.1) is 0 Å². The fourth-order valence-corrected chi connectivity index (χ4v) is 3.18. The fourth-order valence-electron chi connectivity index (χ4n) is 3.18. The maximum Gasteiger partial charge on any atom is 0.231 e. The van der Waals surface area contributed by atoms with Gasteiger partial charge in [0.25, 0.3) is 0 Å². The molecular weight excluding hydrogens is 322 g/mol. The van der Waals surface area contributed by atoms with Gasteiger partial charge in [-0.15, -0.1) is 0 Å². The first-order valence-electron chi connectivity index (χ1n) is 8.89. The second kappa shape index (κ2) is 6.85. The van der Waals surface area contributed by atoms with E-state index in [0.29, 0.717) is 12.8 Å². The van der Waals surface area contributed by atoms with Crippen LogP contribution >= 0.6 is 0 Å². The first kappa shape index (κ1) is 16.7. The van der Waals surface area contributed by atoms with Crippen LogP contribution in [0.5, 0.6) is 11.5 Å². The normalized spacial score (nSPS) is 13.8. The molecule has 1 aliphatic heterocycles. The van der Waals surface area contributed by atoms with Crippen molar-refractivity contribution in [1.29, 1.82) is 0 Å². The number of nitrogens with zero attached hydrogens (tertiary/aromatic N) is 1. The van der Waals surface area contributed by atoms with Crippen molar-refractivity contribution < 1.29 is 9.47 Å². The highest BCUT2D eigenvalue weighted by Crippen LogP contribution is 2.36. The van der Waals surface area contributed by atoms with Crippen molar-refractivity contribution in [2.45, 2.75) is 13.0 Å². The van der Waals surface area contributed by atoms with Gasteiger partial charge in [-0.25, -0.2) is 0 Å². The van der Waals surface area contributed by atoms with Crippen molar-refractivity contribution in [3.63, 3.8) is 0 Å². The molecule has 3 aromatic rings. The lowest BCUT2D eigenvalue weighted by atomic mass is 9.98. The minimum Gasteiger partial charge on any atom is -0.454 e. The molecule has 0 bridgehead atoms. The van der Waals surface area contributed by atoms with Gasteiger partial charge in [-0.05, 0) is 61.0 Å². The Morgan fingerprint density at radius 2 is 1.19 bits per heavy atom. The van der Waals surface area contributed by atoms with Crippen LogP contribution in [0.15, 0.2) is 66.7 Å². The Kier molecular flexibility index (Phi) is 4.39. The molecule has 0 aliphatic carbocycles. The van der Waals surface area contributed by atoms with Crippen molar-refractivity contribution in [1.82, 2.24) is 4.90 Å². The zero-order valence-electron chi connectivity index (χ0n) is 15.4. The summed E-state index contributed by atoms with van der Waals surface area (Å²) in [4.78, 5) is 2.22. The van der Waals surface area contributed by atoms with E-state index in [2.05, 4.69) is 80.5 Å². The second-order valence-corrected chi connectivity index (χ2v) is 6.91. The van der Waals surface area contributed by atoms with E-state index >= 15 is 0 Å². The number of ether oxygens (including phenoxy) is 2. The summed E-state index contributed by atoms with van der Waals surface area (Å²) in [6, 6.07) is 24.0. The summed E-state index contributed by atoms with van der Waals surface area (Å²) in [5.74, 6) is 1.63. The molecule has 0 aromatic heterocycles. The van der Waals surface area contributed by atoms with Crippen molar-refractivity contribution in [2.75, 3.05) is 20.9 Å². The molecule has 0 amide bonds. The zero-order valence-corrected chi connectivity index (χ0v) is 15.4. The Balaban J connectivity index is 1.56. The molecule has 1 heterocycles. The smallest absolute Gasteiger partial charge is 0.231 e. The molecule has 4 rings (SSSR count). The average molecular weight is 345 g/mol. The number of rotatable bonds is 4. The molecule has 3 heteroatoms. The Morgan fingerprint density at radius 3 is 1.81 bits per heavy atom. The van der Waals surface area contributed by atoms with Gasteiger partial charge in [-0.3, -0.25) is 0 Å². The van der Waals surface area contributed by atoms with Crippen LogP contribution in [0.3, 0.4) is 0 Å². The summed E-state index contributed by atoms with van der Waals surface area (Å²) in [5.41, 5.74) is 6.09. The van der Waals surface area contributed by atoms with Crippen molar-refractivity contribution >= 4 is 0 Å². The molecule has 0 N–H and O–H groups in total. The van der Waals surface area contributed by atoms with Gasteiger partial charge in [0.1, 0.15) is 0 Å². The predicted molar refractivity (Wildman–Crippen MR) is 106 cm³/mol. The highest BCUT2D eigenvalue weighted by Gasteiger charge is 2.14. The van der Waals surface area contributed by atoms with Gasteiger partial charge < -0.3 is 14.4 Å². The fraction of sp³-hybridized carbons (Fsp3) is 0.217. The van der Waals surface area contributed by atoms with Gasteiger partial charge in [0.15, 0.2) is 11.5 Å². The third kappa shape index (κ3) is 3.18. The van der Waals surface area contributed by atoms with Crippen molar-refractivity contribution in [3.8, 4) is 33.8 Å². The standard InChI is InChI=1S/C23H23NO2/c1-16(24(2)3)17-4-6-18(7-5-17)19-8-10-20(11-9-19)21-12-13-22-23(14-21)26-15-25-22/h4-14,16H,15H2,1-3H3. The van der Waals surface area contributed by atoms with Crippen LogP contribution in [0.2, 0.25) is 0 Å². The van der Waals surface area contributed by atoms with E-state index in [-0.39, 0.29) is 0 Å². The molecule has 26 heavy (non-hydrogen) atoms. The lowest BCUT2D eigenvalue weighted by Crippen LogP contribution is -2.16. The first-order valence-corrected chi connectivity index (χ1v) is 8.89. The molecule has 3 nitrogen and oxygen atoms in total. The summed E-state index contributed by atoms with van der Waals surface area (Å²) < 4.78 is 10.9. The predicted octanol–water partition coefficient (Wildman–Crippen LogP) is 5.37. The summed E-state index contributed by atoms with van der Waals surface area (Å²) in [7, 11) is 4.21. The highest BCUT2D eigenvalue weighted by molar-refractivity contribution is 5.72. The zero-order chi connectivity index (χ0) is 18.1. The lowest BCUT2D eigenvalue weighted by molar-refractivity contribution is 0.174. The Labute approximate surface area is 154 Å². The highest BCUT2D eigenvalue weighted by atomic mass is 16.7. The molecule has 1 aliphatic rings. The molecule has 0 saturated heterocycles. The van der Waals surface area contributed by atoms with Crippen LogP contribution in [-0.4, -0.2) is 25.8 Å². The van der Waals surface area contributed by atoms with Crippen LogP contribution < -0.4 is 9.47 Å². The largest absolute Gasteiger partial charge is 0.454 e. The molecule has 1 unspecified atom stereocenters. The van der Waals surface area contributed by atoms with Gasteiger partial charge in [-0.1, -0.05) is 54.6 Å². The minimum atomic E-state index is 0.306. The SMILES string of the molecule is CC(c1ccc(-c2ccc(-c3ccc4c(c3)OCO4)cc2)cc1)N(C)C. The van der Waals surface area contributed by atoms with E-state index in [0.717, 1.165) is 17.1 Å². The van der Waals surface area contributed by atoms with Crippen molar-refractivity contribution in [2.24, 2.45) is 0 Å². The molecule has 0 radical (unpaired) electrons. The lowest BCUT2D eigenvalue weighted by Gasteiger charge is -2.20. The summed E-state index contributed by atoms with van der Waals surface area (Å²) in [6.07, 6.45) is 0. The molecule has 3 aromatic carbocycles. The Morgan fingerprint density at radius 1 is 0.692 bits per heavy atom. The van der Waals surface area contributed by atoms with E-state index < -0.39 is 0 Å². The first-order chi connectivity index (χ1) is 12.6. The molecular formula is C23H23NO2. The van der Waals surface area contributed by atoms with Crippen LogP contribution in [0.1, 0.15) is 18.5 Å². The Bertz CT molecular complexity index is 898. The van der Waals surface area contributed by atoms with Gasteiger partial charge in [0.2, 0.25) is 6.79 Å². The van der Waals surface area contributed by atoms with Crippen LogP contribution in [-0.2, 0) is 0 Å². The topological polar surface area (TPSA) is 21.7 Å². The third-order valence-corrected chi connectivity index (χ3v) is 5.09. The molecule has 132 valence electrons. The molecule has 1 atom stereocenters. The van der Waals surface area contributed by atoms with Crippen LogP contribution in [0.4, 0.5) is 0 Å². The van der Waals surface area contributed by atoms with E-state index in [1.165, 1.54) is 22.3 Å². The van der Waals surface area contributed by atoms with Crippen LogP contribution in [0.25, 0.3) is 22.3 Å². The van der Waals surface area contributed by atoms with E-state index in [4.69, 9.17) is 9.47 Å². The van der Waals surface area contributed by atoms with E-state index in [1.54, 1.807) is 0 Å². The second-order valence-electron chi connectivity index (χ2n) is 6.91. The minimum absolute atomic E-state index is 0.306. The molecule has 0 spiro atoms. The van der Waals surface area contributed by atoms with Gasteiger partial charge in [-0.2, -0.15) is 0 Å². The van der Waals surface area contributed by atoms with Gasteiger partial charge in [0.05, 0.1) is 0 Å². The van der Waals surface area contributed by atoms with Gasteiger partial charge >= 0.3 is 0 Å². The van der Waals surface area contributed by atoms with E-state index in [9.17, 15) is 0 Å². The number of fused-ring (bicyclic) bond motifs is 1. The number of benzene rings is 3. The third-order valence-electron chi connectivity index (χ3n) is 5.09. The van der Waals surface area contributed by atoms with Crippen molar-refractivity contribution in [3.05, 3.63) is 72.3 Å². The van der Waals surface area contributed by atoms with E-state index in [1.807, 2.05) is 12.1 Å². The summed E-state index contributed by atoms with van der Waals surface area (Å²) in [5, 5.41) is 0. The van der Waals surface area contributed by atoms with Gasteiger partial charge in [0, 0.05) is 6.04 Å². The number of hydrogen-bond donors (Lipinski definition) is 0. The number of hydrogen-bond acceptors (Lipinski definition) is 3. The maximum absolute atomic E-state index is 5.48. The quantitative estimate of drug-likeness (QED) is 0.634. The summed E-state index contributed by atoms with van der Waals surface area (Å²) in [6.45, 7) is 2.52. The average Bonchev–Trinajstić information content (AvgIpc) is 3.15. The molecule has 0 saturated carbocycles. The molecule has 0 fully saturated rings. The summed E-state index contributed by atoms with van der Waals surface area (Å²) >= 11 is 0. The Hall–Kier alpha value is -2.78.